The minimum atomic E-state index is -0.533. The van der Waals surface area contributed by atoms with Gasteiger partial charge in [-0.2, -0.15) is 0 Å². The van der Waals surface area contributed by atoms with Crippen LogP contribution in [0.1, 0.15) is 37.0 Å². The molecule has 2 N–H and O–H groups in total. The van der Waals surface area contributed by atoms with E-state index in [0.29, 0.717) is 26.9 Å². The second-order valence-corrected chi connectivity index (χ2v) is 6.65. The molecule has 2 aliphatic rings. The van der Waals surface area contributed by atoms with Gasteiger partial charge in [0.25, 0.3) is 0 Å². The number of rotatable bonds is 1. The second-order valence-electron chi connectivity index (χ2n) is 5.77. The molecule has 4 rings (SSSR count). The number of nitrogens with zero attached hydrogens (tertiary/aromatic N) is 1. The van der Waals surface area contributed by atoms with E-state index in [2.05, 4.69) is 0 Å². The van der Waals surface area contributed by atoms with E-state index in [1.54, 1.807) is 18.2 Å². The van der Waals surface area contributed by atoms with E-state index < -0.39 is 5.60 Å². The Balaban J connectivity index is 1.99. The van der Waals surface area contributed by atoms with Crippen molar-refractivity contribution in [1.82, 2.24) is 4.57 Å². The summed E-state index contributed by atoms with van der Waals surface area (Å²) in [6.45, 7) is 1.94. The molecule has 110 valence electrons. The Hall–Kier alpha value is -1.36. The van der Waals surface area contributed by atoms with Crippen LogP contribution in [-0.4, -0.2) is 14.8 Å². The number of fused-ring (bicyclic) bond motifs is 5. The van der Waals surface area contributed by atoms with Crippen molar-refractivity contribution >= 4 is 23.2 Å². The summed E-state index contributed by atoms with van der Waals surface area (Å²) in [4.78, 5) is 0. The van der Waals surface area contributed by atoms with Crippen LogP contribution in [0.4, 0.5) is 0 Å². The fourth-order valence-electron chi connectivity index (χ4n) is 3.53. The number of ether oxygens (including phenoxy) is 1. The topological polar surface area (TPSA) is 54.6 Å². The summed E-state index contributed by atoms with van der Waals surface area (Å²) < 4.78 is 7.26. The van der Waals surface area contributed by atoms with E-state index >= 15 is 0 Å². The highest BCUT2D eigenvalue weighted by Crippen LogP contribution is 2.61. The summed E-state index contributed by atoms with van der Waals surface area (Å²) in [5.74, 6) is -0.0141. The molecule has 0 saturated carbocycles. The molecule has 0 aliphatic carbocycles. The van der Waals surface area contributed by atoms with Gasteiger partial charge in [-0.1, -0.05) is 23.2 Å². The summed E-state index contributed by atoms with van der Waals surface area (Å²) >= 11 is 12.0. The third-order valence-electron chi connectivity index (χ3n) is 4.40. The molecule has 2 bridgehead atoms. The van der Waals surface area contributed by atoms with Gasteiger partial charge in [-0.15, -0.1) is 0 Å². The third-order valence-corrected chi connectivity index (χ3v) is 4.84. The lowest BCUT2D eigenvalue weighted by atomic mass is 9.86. The molecule has 2 aliphatic heterocycles. The van der Waals surface area contributed by atoms with Gasteiger partial charge in [0.15, 0.2) is 0 Å². The summed E-state index contributed by atoms with van der Waals surface area (Å²) in [7, 11) is 0. The summed E-state index contributed by atoms with van der Waals surface area (Å²) in [6, 6.07) is 4.90. The van der Waals surface area contributed by atoms with Crippen LogP contribution in [-0.2, 0) is 10.3 Å². The number of hydrogen-bond acceptors (Lipinski definition) is 3. The normalized spacial score (nSPS) is 26.3. The Labute approximate surface area is 131 Å². The quantitative estimate of drug-likeness (QED) is 0.822. The van der Waals surface area contributed by atoms with E-state index in [-0.39, 0.29) is 17.9 Å². The van der Waals surface area contributed by atoms with Crippen molar-refractivity contribution < 1.29 is 14.9 Å². The van der Waals surface area contributed by atoms with E-state index in [1.165, 1.54) is 4.57 Å². The molecule has 2 aromatic rings. The highest BCUT2D eigenvalue weighted by molar-refractivity contribution is 6.34. The molecule has 2 unspecified atom stereocenters. The molecule has 6 heteroatoms. The molecule has 4 nitrogen and oxygen atoms in total. The van der Waals surface area contributed by atoms with Gasteiger partial charge in [0.2, 0.25) is 11.8 Å². The van der Waals surface area contributed by atoms with Gasteiger partial charge >= 0.3 is 0 Å². The number of aromatic hydroxyl groups is 2. The van der Waals surface area contributed by atoms with Gasteiger partial charge in [-0.25, -0.2) is 0 Å². The van der Waals surface area contributed by atoms with Crippen LogP contribution in [0, 0.1) is 0 Å². The van der Waals surface area contributed by atoms with Crippen LogP contribution in [0.25, 0.3) is 5.69 Å². The molecule has 1 aromatic heterocycles. The summed E-state index contributed by atoms with van der Waals surface area (Å²) in [6.07, 6.45) is 1.52. The molecule has 1 aromatic carbocycles. The van der Waals surface area contributed by atoms with Crippen LogP contribution >= 0.6 is 23.2 Å². The Bertz CT molecular complexity index is 751. The smallest absolute Gasteiger partial charge is 0.205 e. The predicted molar refractivity (Wildman–Crippen MR) is 79.5 cm³/mol. The van der Waals surface area contributed by atoms with Crippen LogP contribution in [0.5, 0.6) is 11.8 Å². The molecule has 21 heavy (non-hydrogen) atoms. The van der Waals surface area contributed by atoms with Gasteiger partial charge < -0.3 is 14.9 Å². The SMILES string of the molecule is CC12CCC(O1)c1c2c(O)n(-c2cc(Cl)cc(Cl)c2)c1O. The van der Waals surface area contributed by atoms with Gasteiger partial charge in [-0.05, 0) is 38.0 Å². The van der Waals surface area contributed by atoms with E-state index in [0.717, 1.165) is 12.8 Å². The number of hydrogen-bond donors (Lipinski definition) is 2. The first kappa shape index (κ1) is 13.3. The minimum absolute atomic E-state index is 0.00532. The minimum Gasteiger partial charge on any atom is -0.494 e. The van der Waals surface area contributed by atoms with Gasteiger partial charge in [0.1, 0.15) is 0 Å². The largest absolute Gasteiger partial charge is 0.494 e. The Morgan fingerprint density at radius 3 is 2.48 bits per heavy atom. The maximum Gasteiger partial charge on any atom is 0.205 e. The van der Waals surface area contributed by atoms with Crippen LogP contribution in [0.15, 0.2) is 18.2 Å². The van der Waals surface area contributed by atoms with E-state index in [9.17, 15) is 10.2 Å². The van der Waals surface area contributed by atoms with E-state index in [1.807, 2.05) is 6.92 Å². The first-order chi connectivity index (χ1) is 9.90. The Kier molecular flexibility index (Phi) is 2.60. The maximum atomic E-state index is 10.6. The average molecular weight is 326 g/mol. The van der Waals surface area contributed by atoms with Crippen molar-refractivity contribution in [3.8, 4) is 17.4 Å². The van der Waals surface area contributed by atoms with Gasteiger partial charge in [0.05, 0.1) is 28.5 Å². The van der Waals surface area contributed by atoms with Crippen LogP contribution in [0.2, 0.25) is 10.0 Å². The van der Waals surface area contributed by atoms with Crippen molar-refractivity contribution in [2.24, 2.45) is 0 Å². The second kappa shape index (κ2) is 4.09. The zero-order valence-electron chi connectivity index (χ0n) is 11.2. The van der Waals surface area contributed by atoms with Crippen molar-refractivity contribution in [1.29, 1.82) is 0 Å². The van der Waals surface area contributed by atoms with Crippen LogP contribution < -0.4 is 0 Å². The lowest BCUT2D eigenvalue weighted by molar-refractivity contribution is -0.00959. The summed E-state index contributed by atoms with van der Waals surface area (Å²) in [5.41, 5.74) is 1.35. The van der Waals surface area contributed by atoms with Gasteiger partial charge in [0, 0.05) is 10.0 Å². The molecule has 3 heterocycles. The van der Waals surface area contributed by atoms with E-state index in [4.69, 9.17) is 27.9 Å². The molecule has 2 atom stereocenters. The van der Waals surface area contributed by atoms with Gasteiger partial charge in [-0.3, -0.25) is 4.57 Å². The zero-order chi connectivity index (χ0) is 14.9. The van der Waals surface area contributed by atoms with Crippen molar-refractivity contribution in [3.05, 3.63) is 39.4 Å². The first-order valence-electron chi connectivity index (χ1n) is 6.72. The third kappa shape index (κ3) is 1.67. The highest BCUT2D eigenvalue weighted by Gasteiger charge is 2.53. The molecule has 0 spiro atoms. The molecule has 1 fully saturated rings. The first-order valence-corrected chi connectivity index (χ1v) is 7.47. The number of aromatic nitrogens is 1. The number of halogens is 2. The Morgan fingerprint density at radius 2 is 1.86 bits per heavy atom. The van der Waals surface area contributed by atoms with Crippen LogP contribution in [0.3, 0.4) is 0 Å². The van der Waals surface area contributed by atoms with Crippen molar-refractivity contribution in [2.45, 2.75) is 31.5 Å². The summed E-state index contributed by atoms with van der Waals surface area (Å²) in [5, 5.41) is 22.0. The monoisotopic (exact) mass is 325 g/mol. The molecule has 0 radical (unpaired) electrons. The molecule has 0 amide bonds. The Morgan fingerprint density at radius 1 is 1.19 bits per heavy atom. The zero-order valence-corrected chi connectivity index (χ0v) is 12.7. The number of benzene rings is 1. The maximum absolute atomic E-state index is 10.6. The lowest BCUT2D eigenvalue weighted by Crippen LogP contribution is -2.16. The van der Waals surface area contributed by atoms with Crippen molar-refractivity contribution in [3.63, 3.8) is 0 Å². The molecular weight excluding hydrogens is 313 g/mol. The fraction of sp³-hybridized carbons (Fsp3) is 0.333. The highest BCUT2D eigenvalue weighted by atomic mass is 35.5. The molecular formula is C15H13Cl2NO3. The lowest BCUT2D eigenvalue weighted by Gasteiger charge is -2.19. The average Bonchev–Trinajstić information content (AvgIpc) is 2.98. The fourth-order valence-corrected chi connectivity index (χ4v) is 4.04. The standard InChI is InChI=1S/C15H13Cl2NO3/c1-15-3-2-10(21-15)11-12(15)14(20)18(13(11)19)9-5-7(16)4-8(17)6-9/h4-6,10,19-20H,2-3H2,1H3. The van der Waals surface area contributed by atoms with Crippen molar-refractivity contribution in [2.75, 3.05) is 0 Å². The predicted octanol–water partition coefficient (Wildman–Crippen LogP) is 4.28. The molecule has 1 saturated heterocycles.